The van der Waals surface area contributed by atoms with E-state index in [2.05, 4.69) is 49.5 Å². The topological polar surface area (TPSA) is 12.0 Å². The zero-order valence-electron chi connectivity index (χ0n) is 11.7. The lowest BCUT2D eigenvalue weighted by molar-refractivity contribution is 0.562. The molecule has 18 heavy (non-hydrogen) atoms. The fraction of sp³-hybridized carbons (Fsp3) is 0.529. The van der Waals surface area contributed by atoms with Crippen LogP contribution in [0.25, 0.3) is 0 Å². The first kappa shape index (κ1) is 13.4. The van der Waals surface area contributed by atoms with Gasteiger partial charge in [0.1, 0.15) is 0 Å². The van der Waals surface area contributed by atoms with Crippen molar-refractivity contribution >= 4 is 0 Å². The molecule has 1 aliphatic rings. The summed E-state index contributed by atoms with van der Waals surface area (Å²) in [6, 6.07) is 9.24. The molecule has 0 amide bonds. The van der Waals surface area contributed by atoms with E-state index in [0.717, 1.165) is 6.54 Å². The van der Waals surface area contributed by atoms with Crippen molar-refractivity contribution < 1.29 is 0 Å². The number of rotatable bonds is 5. The summed E-state index contributed by atoms with van der Waals surface area (Å²) in [4.78, 5) is 0. The Kier molecular flexibility index (Phi) is 5.00. The monoisotopic (exact) mass is 243 g/mol. The first-order valence-corrected chi connectivity index (χ1v) is 7.23. The molecule has 0 bridgehead atoms. The minimum absolute atomic E-state index is 0.453. The van der Waals surface area contributed by atoms with E-state index in [1.807, 2.05) is 0 Å². The van der Waals surface area contributed by atoms with Gasteiger partial charge in [0.2, 0.25) is 0 Å². The summed E-state index contributed by atoms with van der Waals surface area (Å²) in [5.74, 6) is 0. The Balaban J connectivity index is 1.77. The summed E-state index contributed by atoms with van der Waals surface area (Å²) in [5, 5.41) is 3.63. The summed E-state index contributed by atoms with van der Waals surface area (Å²) >= 11 is 0. The molecule has 1 atom stereocenters. The molecule has 98 valence electrons. The van der Waals surface area contributed by atoms with Crippen LogP contribution in [0.1, 0.15) is 56.2 Å². The molecule has 1 unspecified atom stereocenters. The Morgan fingerprint density at radius 2 is 2.17 bits per heavy atom. The maximum absolute atomic E-state index is 3.63. The van der Waals surface area contributed by atoms with Gasteiger partial charge in [-0.2, -0.15) is 0 Å². The highest BCUT2D eigenvalue weighted by Gasteiger charge is 2.06. The van der Waals surface area contributed by atoms with Crippen LogP contribution < -0.4 is 5.32 Å². The van der Waals surface area contributed by atoms with Crippen LogP contribution >= 0.6 is 0 Å². The zero-order valence-corrected chi connectivity index (χ0v) is 11.7. The van der Waals surface area contributed by atoms with Crippen molar-refractivity contribution in [3.05, 3.63) is 47.0 Å². The molecule has 0 heterocycles. The molecule has 0 radical (unpaired) electrons. The molecule has 1 nitrogen and oxygen atoms in total. The third-order valence-corrected chi connectivity index (χ3v) is 3.82. The van der Waals surface area contributed by atoms with Crippen molar-refractivity contribution in [2.24, 2.45) is 0 Å². The lowest BCUT2D eigenvalue weighted by Crippen LogP contribution is -2.20. The third-order valence-electron chi connectivity index (χ3n) is 3.82. The number of benzene rings is 1. The van der Waals surface area contributed by atoms with Gasteiger partial charge >= 0.3 is 0 Å². The summed E-state index contributed by atoms with van der Waals surface area (Å²) in [5.41, 5.74) is 4.40. The van der Waals surface area contributed by atoms with Crippen molar-refractivity contribution in [2.75, 3.05) is 6.54 Å². The first-order chi connectivity index (χ1) is 8.75. The predicted octanol–water partition coefficient (Wildman–Crippen LogP) is 4.54. The fourth-order valence-electron chi connectivity index (χ4n) is 2.64. The molecule has 1 aliphatic carbocycles. The van der Waals surface area contributed by atoms with Gasteiger partial charge in [-0.05, 0) is 58.1 Å². The summed E-state index contributed by atoms with van der Waals surface area (Å²) in [6.45, 7) is 5.51. The predicted molar refractivity (Wildman–Crippen MR) is 78.8 cm³/mol. The van der Waals surface area contributed by atoms with Crippen molar-refractivity contribution in [3.8, 4) is 0 Å². The molecule has 0 aromatic heterocycles. The van der Waals surface area contributed by atoms with E-state index in [9.17, 15) is 0 Å². The van der Waals surface area contributed by atoms with Gasteiger partial charge in [0.25, 0.3) is 0 Å². The maximum Gasteiger partial charge on any atom is 0.0292 e. The molecule has 1 N–H and O–H groups in total. The molecular weight excluding hydrogens is 218 g/mol. The Morgan fingerprint density at radius 3 is 2.89 bits per heavy atom. The van der Waals surface area contributed by atoms with Crippen molar-refractivity contribution in [2.45, 2.75) is 52.0 Å². The van der Waals surface area contributed by atoms with E-state index in [1.165, 1.54) is 43.2 Å². The lowest BCUT2D eigenvalue weighted by atomic mass is 9.97. The van der Waals surface area contributed by atoms with Crippen LogP contribution in [0.5, 0.6) is 0 Å². The minimum Gasteiger partial charge on any atom is -0.310 e. The van der Waals surface area contributed by atoms with Gasteiger partial charge in [-0.3, -0.25) is 0 Å². The van der Waals surface area contributed by atoms with Gasteiger partial charge in [-0.15, -0.1) is 0 Å². The molecule has 0 saturated heterocycles. The minimum atomic E-state index is 0.453. The number of hydrogen-bond acceptors (Lipinski definition) is 1. The van der Waals surface area contributed by atoms with Crippen molar-refractivity contribution in [3.63, 3.8) is 0 Å². The van der Waals surface area contributed by atoms with E-state index in [1.54, 1.807) is 5.57 Å². The van der Waals surface area contributed by atoms with Crippen LogP contribution in [0.3, 0.4) is 0 Å². The summed E-state index contributed by atoms with van der Waals surface area (Å²) < 4.78 is 0. The van der Waals surface area contributed by atoms with Crippen LogP contribution in [0.15, 0.2) is 35.9 Å². The molecule has 0 spiro atoms. The van der Waals surface area contributed by atoms with Crippen LogP contribution in [-0.2, 0) is 0 Å². The second-order valence-corrected chi connectivity index (χ2v) is 5.45. The maximum atomic E-state index is 3.63. The third kappa shape index (κ3) is 3.99. The average molecular weight is 243 g/mol. The van der Waals surface area contributed by atoms with E-state index < -0.39 is 0 Å². The molecule has 0 saturated carbocycles. The Labute approximate surface area is 111 Å². The Morgan fingerprint density at radius 1 is 1.28 bits per heavy atom. The Bertz CT molecular complexity index is 406. The summed E-state index contributed by atoms with van der Waals surface area (Å²) in [7, 11) is 0. The second-order valence-electron chi connectivity index (χ2n) is 5.45. The second kappa shape index (κ2) is 6.75. The molecule has 1 heteroatoms. The van der Waals surface area contributed by atoms with Gasteiger partial charge in [0.15, 0.2) is 0 Å². The van der Waals surface area contributed by atoms with Gasteiger partial charge in [0.05, 0.1) is 0 Å². The fourth-order valence-corrected chi connectivity index (χ4v) is 2.64. The van der Waals surface area contributed by atoms with Crippen LogP contribution in [0.4, 0.5) is 0 Å². The standard InChI is InChI=1S/C17H25N/c1-14-7-6-10-17(13-14)15(2)18-12-11-16-8-4-3-5-9-16/h6-8,10,13,15,18H,3-5,9,11-12H2,1-2H3. The molecule has 0 aliphatic heterocycles. The number of allylic oxidation sites excluding steroid dienone is 1. The van der Waals surface area contributed by atoms with Crippen molar-refractivity contribution in [1.82, 2.24) is 5.32 Å². The molecule has 2 rings (SSSR count). The van der Waals surface area contributed by atoms with Gasteiger partial charge < -0.3 is 5.32 Å². The highest BCUT2D eigenvalue weighted by atomic mass is 14.9. The average Bonchev–Trinajstić information content (AvgIpc) is 2.40. The van der Waals surface area contributed by atoms with E-state index in [-0.39, 0.29) is 0 Å². The van der Waals surface area contributed by atoms with Crippen LogP contribution in [0.2, 0.25) is 0 Å². The van der Waals surface area contributed by atoms with Gasteiger partial charge in [-0.25, -0.2) is 0 Å². The number of hydrogen-bond donors (Lipinski definition) is 1. The van der Waals surface area contributed by atoms with Crippen LogP contribution in [-0.4, -0.2) is 6.54 Å². The van der Waals surface area contributed by atoms with E-state index in [4.69, 9.17) is 0 Å². The van der Waals surface area contributed by atoms with Crippen molar-refractivity contribution in [1.29, 1.82) is 0 Å². The smallest absolute Gasteiger partial charge is 0.0292 e. The molecule has 1 aromatic rings. The highest BCUT2D eigenvalue weighted by molar-refractivity contribution is 5.24. The normalized spacial score (nSPS) is 17.3. The van der Waals surface area contributed by atoms with Gasteiger partial charge in [-0.1, -0.05) is 41.5 Å². The van der Waals surface area contributed by atoms with Crippen LogP contribution in [0, 0.1) is 6.92 Å². The van der Waals surface area contributed by atoms with Gasteiger partial charge in [0, 0.05) is 6.04 Å². The number of aryl methyl sites for hydroxylation is 1. The van der Waals surface area contributed by atoms with E-state index >= 15 is 0 Å². The SMILES string of the molecule is Cc1cccc(C(C)NCCC2=CCCCC2)c1. The lowest BCUT2D eigenvalue weighted by Gasteiger charge is -2.17. The van der Waals surface area contributed by atoms with E-state index in [0.29, 0.717) is 6.04 Å². The first-order valence-electron chi connectivity index (χ1n) is 7.23. The molecular formula is C17H25N. The number of nitrogens with one attached hydrogen (secondary N) is 1. The Hall–Kier alpha value is -1.08. The molecule has 1 aromatic carbocycles. The molecule has 0 fully saturated rings. The highest BCUT2D eigenvalue weighted by Crippen LogP contribution is 2.20. The quantitative estimate of drug-likeness (QED) is 0.749. The summed E-state index contributed by atoms with van der Waals surface area (Å²) in [6.07, 6.45) is 9.05. The zero-order chi connectivity index (χ0) is 12.8. The largest absolute Gasteiger partial charge is 0.310 e.